The molecule has 15 heteroatoms. The molecule has 66 heavy (non-hydrogen) atoms. The Morgan fingerprint density at radius 1 is 0.970 bits per heavy atom. The lowest BCUT2D eigenvalue weighted by Crippen LogP contribution is -2.65. The highest BCUT2D eigenvalue weighted by Gasteiger charge is 2.45. The number of aliphatic hydroxyl groups is 1. The van der Waals surface area contributed by atoms with Crippen LogP contribution >= 0.6 is 11.6 Å². The molecular weight excluding hydrogens is 861 g/mol. The maximum absolute atomic E-state index is 15.2. The molecule has 4 amide bonds. The molecule has 0 spiro atoms. The smallest absolute Gasteiger partial charge is 0.245 e. The summed E-state index contributed by atoms with van der Waals surface area (Å²) in [7, 11) is 5.92. The van der Waals surface area contributed by atoms with Crippen molar-refractivity contribution in [1.82, 2.24) is 34.9 Å². The van der Waals surface area contributed by atoms with Crippen molar-refractivity contribution in [2.24, 2.45) is 13.0 Å². The number of nitrogens with one attached hydrogen (secondary N) is 2. The van der Waals surface area contributed by atoms with Crippen molar-refractivity contribution in [3.05, 3.63) is 136 Å². The highest BCUT2D eigenvalue weighted by molar-refractivity contribution is 6.30. The molecule has 2 aliphatic heterocycles. The van der Waals surface area contributed by atoms with Crippen molar-refractivity contribution in [3.8, 4) is 22.8 Å². The van der Waals surface area contributed by atoms with Gasteiger partial charge in [-0.3, -0.25) is 19.2 Å². The van der Waals surface area contributed by atoms with E-state index in [4.69, 9.17) is 16.3 Å². The standard InChI is InChI=1S/C51H57ClFN7O6/c1-32-48(63)55-43(30-61)49(64)56-51(26-33-10-16-37(52)17-11-33)22-7-23-59(31-51)50(65)42(41-21-15-34-8-5-6-9-40(34)41)25-47(62)60(32)28-36-12-18-38(53)24-45(36)66-39-19-13-35(14-20-39)44-27-54-46(58(44)4)29-57(2)3/h5-6,8-14,16-20,24,27,32,41-43,61H,7,15,21-23,25-26,28-31H2,1-4H3,(H,55,63)(H,56,64)/t32-,41+,42-,43-,51+/m0/s1. The first kappa shape index (κ1) is 46.4. The number of carbonyl (C=O) groups is 4. The molecule has 1 aliphatic carbocycles. The highest BCUT2D eigenvalue weighted by atomic mass is 35.5. The maximum atomic E-state index is 15.2. The molecule has 3 aliphatic rings. The van der Waals surface area contributed by atoms with Crippen LogP contribution in [0.1, 0.15) is 66.6 Å². The fourth-order valence-corrected chi connectivity index (χ4v) is 10.0. The number of ether oxygens (including phenoxy) is 1. The summed E-state index contributed by atoms with van der Waals surface area (Å²) < 4.78 is 23.4. The number of rotatable bonds is 11. The number of imidazole rings is 1. The number of halogens is 2. The minimum absolute atomic E-state index is 0.131. The van der Waals surface area contributed by atoms with Crippen LogP contribution in [-0.4, -0.2) is 104 Å². The summed E-state index contributed by atoms with van der Waals surface area (Å²) in [4.78, 5) is 68.6. The molecule has 3 heterocycles. The number of fused-ring (bicyclic) bond motifs is 3. The van der Waals surface area contributed by atoms with Crippen LogP contribution < -0.4 is 15.4 Å². The van der Waals surface area contributed by atoms with Crippen LogP contribution in [0.4, 0.5) is 4.39 Å². The molecule has 1 aromatic heterocycles. The minimum atomic E-state index is -1.37. The Morgan fingerprint density at radius 3 is 2.47 bits per heavy atom. The molecule has 4 aromatic carbocycles. The van der Waals surface area contributed by atoms with E-state index in [0.29, 0.717) is 55.1 Å². The van der Waals surface area contributed by atoms with Crippen LogP contribution in [0.25, 0.3) is 11.3 Å². The summed E-state index contributed by atoms with van der Waals surface area (Å²) in [6.07, 6.45) is 4.47. The van der Waals surface area contributed by atoms with E-state index in [-0.39, 0.29) is 37.1 Å². The molecule has 8 rings (SSSR count). The fraction of sp³-hybridized carbons (Fsp3) is 0.392. The molecule has 2 fully saturated rings. The third-order valence-corrected chi connectivity index (χ3v) is 13.6. The van der Waals surface area contributed by atoms with Gasteiger partial charge in [0.05, 0.1) is 43.0 Å². The van der Waals surface area contributed by atoms with E-state index in [1.165, 1.54) is 23.1 Å². The average Bonchev–Trinajstić information content (AvgIpc) is 3.89. The third-order valence-electron chi connectivity index (χ3n) is 13.4. The predicted molar refractivity (Wildman–Crippen MR) is 249 cm³/mol. The lowest BCUT2D eigenvalue weighted by molar-refractivity contribution is -0.148. The number of piperidine rings is 1. The zero-order valence-corrected chi connectivity index (χ0v) is 38.6. The number of hydrogen-bond acceptors (Lipinski definition) is 8. The van der Waals surface area contributed by atoms with Crippen molar-refractivity contribution in [3.63, 3.8) is 0 Å². The van der Waals surface area contributed by atoms with E-state index in [2.05, 4.69) is 21.7 Å². The lowest BCUT2D eigenvalue weighted by Gasteiger charge is -2.46. The normalized spacial score (nSPS) is 22.8. The second kappa shape index (κ2) is 19.8. The minimum Gasteiger partial charge on any atom is -0.457 e. The summed E-state index contributed by atoms with van der Waals surface area (Å²) in [6, 6.07) is 24.1. The Balaban J connectivity index is 1.13. The zero-order chi connectivity index (χ0) is 46.7. The number of aromatic nitrogens is 2. The fourth-order valence-electron chi connectivity index (χ4n) is 9.87. The largest absolute Gasteiger partial charge is 0.457 e. The maximum Gasteiger partial charge on any atom is 0.245 e. The topological polar surface area (TPSA) is 149 Å². The van der Waals surface area contributed by atoms with Gasteiger partial charge >= 0.3 is 0 Å². The monoisotopic (exact) mass is 917 g/mol. The Kier molecular flexibility index (Phi) is 13.9. The first-order valence-electron chi connectivity index (χ1n) is 22.6. The van der Waals surface area contributed by atoms with Gasteiger partial charge in [0.25, 0.3) is 0 Å². The summed E-state index contributed by atoms with van der Waals surface area (Å²) in [5.41, 5.74) is 4.30. The van der Waals surface area contributed by atoms with E-state index in [1.54, 1.807) is 36.1 Å². The number of amides is 4. The summed E-state index contributed by atoms with van der Waals surface area (Å²) in [6.45, 7) is 1.88. The molecule has 0 saturated carbocycles. The number of hydrogen-bond donors (Lipinski definition) is 3. The van der Waals surface area contributed by atoms with E-state index in [9.17, 15) is 14.7 Å². The number of aryl methyl sites for hydroxylation is 1. The number of benzene rings is 4. The molecule has 13 nitrogen and oxygen atoms in total. The van der Waals surface area contributed by atoms with Gasteiger partial charge in [-0.05, 0) is 118 Å². The number of nitrogens with zero attached hydrogens (tertiary/aromatic N) is 5. The summed E-state index contributed by atoms with van der Waals surface area (Å²) in [5, 5.41) is 17.0. The second-order valence-corrected chi connectivity index (χ2v) is 18.7. The quantitative estimate of drug-likeness (QED) is 0.138. The van der Waals surface area contributed by atoms with Crippen molar-refractivity contribution < 1.29 is 33.4 Å². The van der Waals surface area contributed by atoms with E-state index in [1.807, 2.05) is 79.3 Å². The molecule has 0 unspecified atom stereocenters. The zero-order valence-electron chi connectivity index (χ0n) is 37.8. The van der Waals surface area contributed by atoms with E-state index in [0.717, 1.165) is 40.2 Å². The Bertz CT molecular complexity index is 2590. The Morgan fingerprint density at radius 2 is 1.73 bits per heavy atom. The van der Waals surface area contributed by atoms with Gasteiger partial charge in [0.1, 0.15) is 35.2 Å². The lowest BCUT2D eigenvalue weighted by atomic mass is 9.80. The van der Waals surface area contributed by atoms with Crippen molar-refractivity contribution in [2.75, 3.05) is 33.8 Å². The van der Waals surface area contributed by atoms with E-state index < -0.39 is 53.7 Å². The average molecular weight is 919 g/mol. The number of carbonyl (C=O) groups excluding carboxylic acids is 4. The van der Waals surface area contributed by atoms with E-state index >= 15 is 14.0 Å². The van der Waals surface area contributed by atoms with Crippen LogP contribution in [0.3, 0.4) is 0 Å². The van der Waals surface area contributed by atoms with Crippen LogP contribution in [0, 0.1) is 11.7 Å². The second-order valence-electron chi connectivity index (χ2n) is 18.3. The molecular formula is C51H57ClFN7O6. The first-order valence-corrected chi connectivity index (χ1v) is 22.9. The first-order chi connectivity index (χ1) is 31.7. The van der Waals surface area contributed by atoms with Gasteiger partial charge in [0.15, 0.2) is 0 Å². The molecule has 346 valence electrons. The molecule has 5 atom stereocenters. The third kappa shape index (κ3) is 10.2. The molecule has 2 saturated heterocycles. The Labute approximate surface area is 389 Å². The van der Waals surface area contributed by atoms with Gasteiger partial charge in [0.2, 0.25) is 23.6 Å². The van der Waals surface area contributed by atoms with Gasteiger partial charge in [-0.15, -0.1) is 0 Å². The van der Waals surface area contributed by atoms with Crippen molar-refractivity contribution in [1.29, 1.82) is 0 Å². The Hall–Kier alpha value is -6.09. The van der Waals surface area contributed by atoms with Gasteiger partial charge in [-0.1, -0.05) is 54.1 Å². The molecule has 5 aromatic rings. The van der Waals surface area contributed by atoms with Gasteiger partial charge < -0.3 is 39.7 Å². The van der Waals surface area contributed by atoms with Gasteiger partial charge in [-0.2, -0.15) is 0 Å². The van der Waals surface area contributed by atoms with Gasteiger partial charge in [0, 0.05) is 48.8 Å². The highest BCUT2D eigenvalue weighted by Crippen LogP contribution is 2.42. The van der Waals surface area contributed by atoms with Crippen LogP contribution in [0.5, 0.6) is 11.5 Å². The summed E-state index contributed by atoms with van der Waals surface area (Å²) >= 11 is 6.23. The predicted octanol–water partition coefficient (Wildman–Crippen LogP) is 6.40. The summed E-state index contributed by atoms with van der Waals surface area (Å²) in [5.74, 6) is -2.18. The SMILES string of the molecule is C[C@H]1C(=O)N[C@@H](CO)C(=O)N[C@@]2(Cc3ccc(Cl)cc3)CCCN(C2)C(=O)[C@H]([C@@H]2CCc3ccccc32)CC(=O)N1Cc1ccc(F)cc1Oc1ccc(-c2cnc(CN(C)C)n2C)cc1. The van der Waals surface area contributed by atoms with Gasteiger partial charge in [-0.25, -0.2) is 9.37 Å². The molecule has 0 radical (unpaired) electrons. The van der Waals surface area contributed by atoms with Crippen molar-refractivity contribution in [2.45, 2.75) is 82.1 Å². The number of aliphatic hydroxyl groups excluding tert-OH is 1. The molecule has 3 N–H and O–H groups in total. The van der Waals surface area contributed by atoms with Crippen LogP contribution in [0.2, 0.25) is 5.02 Å². The van der Waals surface area contributed by atoms with Crippen LogP contribution in [0.15, 0.2) is 97.2 Å². The van der Waals surface area contributed by atoms with Crippen LogP contribution in [-0.2, 0) is 52.2 Å². The van der Waals surface area contributed by atoms with Crippen molar-refractivity contribution >= 4 is 35.2 Å². The molecule has 2 bridgehead atoms.